The second kappa shape index (κ2) is 6.24. The van der Waals surface area contributed by atoms with Gasteiger partial charge in [-0.3, -0.25) is 4.79 Å². The summed E-state index contributed by atoms with van der Waals surface area (Å²) in [7, 11) is 1.77. The van der Waals surface area contributed by atoms with Crippen LogP contribution in [-0.4, -0.2) is 24.2 Å². The second-order valence-electron chi connectivity index (χ2n) is 3.84. The van der Waals surface area contributed by atoms with Crippen molar-refractivity contribution in [1.82, 2.24) is 4.98 Å². The minimum absolute atomic E-state index is 0.213. The highest BCUT2D eigenvalue weighted by atomic mass is 32.2. The van der Waals surface area contributed by atoms with Crippen molar-refractivity contribution in [1.29, 1.82) is 0 Å². The second-order valence-corrected chi connectivity index (χ2v) is 4.72. The predicted molar refractivity (Wildman–Crippen MR) is 80.0 cm³/mol. The smallest absolute Gasteiger partial charge is 0.274 e. The molecule has 2 N–H and O–H groups in total. The number of anilines is 2. The van der Waals surface area contributed by atoms with E-state index in [2.05, 4.69) is 15.6 Å². The minimum Gasteiger partial charge on any atom is -0.373 e. The zero-order chi connectivity index (χ0) is 13.7. The first-order valence-electron chi connectivity index (χ1n) is 5.83. The number of hydrogen-bond donors (Lipinski definition) is 2. The summed E-state index contributed by atoms with van der Waals surface area (Å²) < 4.78 is 0. The third-order valence-electron chi connectivity index (χ3n) is 2.57. The Labute approximate surface area is 116 Å². The Morgan fingerprint density at radius 3 is 2.74 bits per heavy atom. The summed E-state index contributed by atoms with van der Waals surface area (Å²) in [5.74, 6) is 0.459. The Kier molecular flexibility index (Phi) is 4.41. The Morgan fingerprint density at radius 1 is 1.21 bits per heavy atom. The van der Waals surface area contributed by atoms with Crippen LogP contribution in [0, 0.1) is 0 Å². The van der Waals surface area contributed by atoms with Crippen molar-refractivity contribution >= 4 is 29.2 Å². The van der Waals surface area contributed by atoms with Crippen molar-refractivity contribution in [2.75, 3.05) is 23.9 Å². The third kappa shape index (κ3) is 3.48. The molecule has 5 heteroatoms. The average Bonchev–Trinajstić information content (AvgIpc) is 2.47. The van der Waals surface area contributed by atoms with Crippen molar-refractivity contribution in [2.24, 2.45) is 0 Å². The normalized spacial score (nSPS) is 10.0. The van der Waals surface area contributed by atoms with Crippen molar-refractivity contribution < 1.29 is 4.79 Å². The van der Waals surface area contributed by atoms with Crippen LogP contribution >= 0.6 is 11.8 Å². The van der Waals surface area contributed by atoms with E-state index < -0.39 is 0 Å². The highest BCUT2D eigenvalue weighted by molar-refractivity contribution is 7.98. The maximum atomic E-state index is 12.1. The van der Waals surface area contributed by atoms with Crippen LogP contribution in [0.3, 0.4) is 0 Å². The van der Waals surface area contributed by atoms with E-state index in [1.165, 1.54) is 0 Å². The highest BCUT2D eigenvalue weighted by Crippen LogP contribution is 2.19. The fourth-order valence-electron chi connectivity index (χ4n) is 1.60. The Hall–Kier alpha value is -2.01. The SMILES string of the molecule is CNc1cccc(C(=O)Nc2cccc(SC)c2)n1. The van der Waals surface area contributed by atoms with Crippen molar-refractivity contribution in [3.05, 3.63) is 48.2 Å². The first kappa shape index (κ1) is 13.4. The number of hydrogen-bond acceptors (Lipinski definition) is 4. The average molecular weight is 273 g/mol. The molecule has 0 atom stereocenters. The number of rotatable bonds is 4. The van der Waals surface area contributed by atoms with Gasteiger partial charge in [-0.25, -0.2) is 4.98 Å². The van der Waals surface area contributed by atoms with Crippen LogP contribution < -0.4 is 10.6 Å². The first-order valence-corrected chi connectivity index (χ1v) is 7.05. The van der Waals surface area contributed by atoms with Gasteiger partial charge in [0.05, 0.1) is 0 Å². The van der Waals surface area contributed by atoms with Gasteiger partial charge in [0, 0.05) is 17.6 Å². The van der Waals surface area contributed by atoms with Crippen LogP contribution in [0.25, 0.3) is 0 Å². The zero-order valence-electron chi connectivity index (χ0n) is 10.8. The maximum Gasteiger partial charge on any atom is 0.274 e. The lowest BCUT2D eigenvalue weighted by molar-refractivity contribution is 0.102. The lowest BCUT2D eigenvalue weighted by Gasteiger charge is -2.07. The molecule has 0 saturated carbocycles. The molecule has 0 unspecified atom stereocenters. The van der Waals surface area contributed by atoms with E-state index in [4.69, 9.17) is 0 Å². The predicted octanol–water partition coefficient (Wildman–Crippen LogP) is 3.10. The highest BCUT2D eigenvalue weighted by Gasteiger charge is 2.08. The number of carbonyl (C=O) groups excluding carboxylic acids is 1. The van der Waals surface area contributed by atoms with Crippen LogP contribution in [0.4, 0.5) is 11.5 Å². The summed E-state index contributed by atoms with van der Waals surface area (Å²) in [6.45, 7) is 0. The van der Waals surface area contributed by atoms with Gasteiger partial charge in [-0.1, -0.05) is 12.1 Å². The van der Waals surface area contributed by atoms with Crippen LogP contribution in [0.1, 0.15) is 10.5 Å². The molecule has 19 heavy (non-hydrogen) atoms. The van der Waals surface area contributed by atoms with E-state index in [9.17, 15) is 4.79 Å². The Bertz CT molecular complexity index is 586. The van der Waals surface area contributed by atoms with Crippen LogP contribution in [0.2, 0.25) is 0 Å². The number of thioether (sulfide) groups is 1. The van der Waals surface area contributed by atoms with Gasteiger partial charge in [0.15, 0.2) is 0 Å². The molecular formula is C14H15N3OS. The summed E-state index contributed by atoms with van der Waals surface area (Å²) in [5.41, 5.74) is 1.16. The molecule has 2 aromatic rings. The largest absolute Gasteiger partial charge is 0.373 e. The molecule has 0 aliphatic rings. The van der Waals surface area contributed by atoms with Gasteiger partial charge in [0.2, 0.25) is 0 Å². The number of benzene rings is 1. The maximum absolute atomic E-state index is 12.1. The standard InChI is InChI=1S/C14H15N3OS/c1-15-13-8-4-7-12(17-13)14(18)16-10-5-3-6-11(9-10)19-2/h3-9H,1-2H3,(H,15,17)(H,16,18). The molecule has 1 amide bonds. The molecule has 2 rings (SSSR count). The molecule has 0 aliphatic heterocycles. The molecule has 98 valence electrons. The van der Waals surface area contributed by atoms with Crippen molar-refractivity contribution in [3.63, 3.8) is 0 Å². The molecule has 0 aliphatic carbocycles. The van der Waals surface area contributed by atoms with Crippen LogP contribution in [0.5, 0.6) is 0 Å². The van der Waals surface area contributed by atoms with E-state index in [1.54, 1.807) is 30.9 Å². The molecule has 0 fully saturated rings. The molecule has 4 nitrogen and oxygen atoms in total. The van der Waals surface area contributed by atoms with Gasteiger partial charge in [-0.05, 0) is 36.6 Å². The summed E-state index contributed by atoms with van der Waals surface area (Å²) in [5, 5.41) is 5.75. The molecule has 0 radical (unpaired) electrons. The lowest BCUT2D eigenvalue weighted by Crippen LogP contribution is -2.14. The topological polar surface area (TPSA) is 54.0 Å². The molecule has 0 saturated heterocycles. The number of aromatic nitrogens is 1. The minimum atomic E-state index is -0.213. The Balaban J connectivity index is 2.15. The number of nitrogens with zero attached hydrogens (tertiary/aromatic N) is 1. The quantitative estimate of drug-likeness (QED) is 0.840. The van der Waals surface area contributed by atoms with E-state index in [1.807, 2.05) is 36.6 Å². The summed E-state index contributed by atoms with van der Waals surface area (Å²) in [6.07, 6.45) is 2.00. The summed E-state index contributed by atoms with van der Waals surface area (Å²) >= 11 is 1.64. The van der Waals surface area contributed by atoms with Crippen molar-refractivity contribution in [2.45, 2.75) is 4.90 Å². The van der Waals surface area contributed by atoms with Gasteiger partial charge >= 0.3 is 0 Å². The van der Waals surface area contributed by atoms with E-state index >= 15 is 0 Å². The van der Waals surface area contributed by atoms with Gasteiger partial charge in [0.25, 0.3) is 5.91 Å². The monoisotopic (exact) mass is 273 g/mol. The lowest BCUT2D eigenvalue weighted by atomic mass is 10.3. The number of carbonyl (C=O) groups is 1. The fraction of sp³-hybridized carbons (Fsp3) is 0.143. The molecule has 1 aromatic heterocycles. The number of pyridine rings is 1. The summed E-state index contributed by atoms with van der Waals surface area (Å²) in [4.78, 5) is 17.4. The first-order chi connectivity index (χ1) is 9.22. The molecular weight excluding hydrogens is 258 g/mol. The molecule has 0 spiro atoms. The van der Waals surface area contributed by atoms with E-state index in [-0.39, 0.29) is 5.91 Å². The molecule has 1 aromatic carbocycles. The van der Waals surface area contributed by atoms with Crippen LogP contribution in [0.15, 0.2) is 47.4 Å². The number of nitrogens with one attached hydrogen (secondary N) is 2. The Morgan fingerprint density at radius 2 is 2.00 bits per heavy atom. The van der Waals surface area contributed by atoms with E-state index in [0.717, 1.165) is 10.6 Å². The molecule has 1 heterocycles. The summed E-state index contributed by atoms with van der Waals surface area (Å²) in [6, 6.07) is 13.0. The fourth-order valence-corrected chi connectivity index (χ4v) is 2.06. The third-order valence-corrected chi connectivity index (χ3v) is 3.29. The van der Waals surface area contributed by atoms with Crippen LogP contribution in [-0.2, 0) is 0 Å². The molecule has 0 bridgehead atoms. The van der Waals surface area contributed by atoms with Gasteiger partial charge in [0.1, 0.15) is 11.5 Å². The van der Waals surface area contributed by atoms with Gasteiger partial charge in [-0.2, -0.15) is 0 Å². The number of amides is 1. The van der Waals surface area contributed by atoms with E-state index in [0.29, 0.717) is 11.5 Å². The van der Waals surface area contributed by atoms with Crippen molar-refractivity contribution in [3.8, 4) is 0 Å². The zero-order valence-corrected chi connectivity index (χ0v) is 11.6. The van der Waals surface area contributed by atoms with Gasteiger partial charge < -0.3 is 10.6 Å². The van der Waals surface area contributed by atoms with Gasteiger partial charge in [-0.15, -0.1) is 11.8 Å².